The van der Waals surface area contributed by atoms with Crippen LogP contribution >= 0.6 is 23.1 Å². The van der Waals surface area contributed by atoms with Gasteiger partial charge in [-0.15, -0.1) is 11.3 Å². The van der Waals surface area contributed by atoms with E-state index in [0.29, 0.717) is 12.2 Å². The van der Waals surface area contributed by atoms with Crippen molar-refractivity contribution in [3.63, 3.8) is 0 Å². The number of aromatic amines is 1. The third kappa shape index (κ3) is 2.73. The number of amides is 1. The van der Waals surface area contributed by atoms with Crippen molar-refractivity contribution < 1.29 is 4.79 Å². The van der Waals surface area contributed by atoms with E-state index in [-0.39, 0.29) is 5.91 Å². The summed E-state index contributed by atoms with van der Waals surface area (Å²) in [5.74, 6) is -0.147. The van der Waals surface area contributed by atoms with Gasteiger partial charge >= 0.3 is 0 Å². The molecule has 0 bridgehead atoms. The number of carbonyl (C=O) groups excluding carboxylic acids is 1. The van der Waals surface area contributed by atoms with Crippen LogP contribution in [-0.2, 0) is 6.54 Å². The first kappa shape index (κ1) is 13.1. The Morgan fingerprint density at radius 2 is 2.33 bits per heavy atom. The minimum absolute atomic E-state index is 0.147. The van der Waals surface area contributed by atoms with E-state index >= 15 is 0 Å². The van der Waals surface area contributed by atoms with Gasteiger partial charge in [0.1, 0.15) is 10.0 Å². The molecule has 0 atom stereocenters. The Bertz CT molecular complexity index is 542. The molecule has 2 heterocycles. The second kappa shape index (κ2) is 5.53. The van der Waals surface area contributed by atoms with Crippen molar-refractivity contribution in [1.29, 1.82) is 0 Å². The zero-order chi connectivity index (χ0) is 13.1. The molecule has 2 aromatic rings. The largest absolute Gasteiger partial charge is 0.346 e. The van der Waals surface area contributed by atoms with Crippen molar-refractivity contribution >= 4 is 29.0 Å². The normalized spacial score (nSPS) is 10.6. The molecule has 2 rings (SSSR count). The predicted molar refractivity (Wildman–Crippen MR) is 73.1 cm³/mol. The fourth-order valence-electron chi connectivity index (χ4n) is 1.55. The first-order chi connectivity index (χ1) is 8.61. The van der Waals surface area contributed by atoms with Gasteiger partial charge in [-0.25, -0.2) is 4.98 Å². The van der Waals surface area contributed by atoms with Crippen LogP contribution in [0.5, 0.6) is 0 Å². The Hall–Kier alpha value is -1.34. The molecule has 5 nitrogen and oxygen atoms in total. The number of aryl methyl sites for hydroxylation is 2. The van der Waals surface area contributed by atoms with Gasteiger partial charge in [0.2, 0.25) is 0 Å². The molecule has 2 N–H and O–H groups in total. The molecule has 2 aromatic heterocycles. The SMILES string of the molecule is CSc1nc(C(=O)NCc2c(C)n[nH]c2C)cs1. The average molecular weight is 282 g/mol. The van der Waals surface area contributed by atoms with Crippen LogP contribution in [-0.4, -0.2) is 27.3 Å². The molecule has 0 aromatic carbocycles. The highest BCUT2D eigenvalue weighted by Gasteiger charge is 2.12. The van der Waals surface area contributed by atoms with Crippen molar-refractivity contribution in [2.45, 2.75) is 24.7 Å². The van der Waals surface area contributed by atoms with Crippen LogP contribution in [0.3, 0.4) is 0 Å². The van der Waals surface area contributed by atoms with Gasteiger partial charge in [0.25, 0.3) is 5.91 Å². The van der Waals surface area contributed by atoms with E-state index < -0.39 is 0 Å². The van der Waals surface area contributed by atoms with Gasteiger partial charge in [-0.2, -0.15) is 5.10 Å². The number of thiazole rings is 1. The van der Waals surface area contributed by atoms with E-state index in [9.17, 15) is 4.79 Å². The summed E-state index contributed by atoms with van der Waals surface area (Å²) >= 11 is 3.02. The Morgan fingerprint density at radius 1 is 1.56 bits per heavy atom. The first-order valence-corrected chi connectivity index (χ1v) is 7.50. The van der Waals surface area contributed by atoms with Crippen LogP contribution in [0.1, 0.15) is 27.4 Å². The zero-order valence-corrected chi connectivity index (χ0v) is 12.0. The second-order valence-corrected chi connectivity index (χ2v) is 5.71. The maximum absolute atomic E-state index is 11.9. The molecule has 1 amide bonds. The highest BCUT2D eigenvalue weighted by molar-refractivity contribution is 8.00. The van der Waals surface area contributed by atoms with Crippen LogP contribution < -0.4 is 5.32 Å². The topological polar surface area (TPSA) is 70.7 Å². The molecule has 0 aliphatic carbocycles. The minimum atomic E-state index is -0.147. The number of hydrogen-bond acceptors (Lipinski definition) is 5. The summed E-state index contributed by atoms with van der Waals surface area (Å²) in [7, 11) is 0. The van der Waals surface area contributed by atoms with Gasteiger partial charge in [0.15, 0.2) is 0 Å². The molecule has 7 heteroatoms. The van der Waals surface area contributed by atoms with Crippen molar-refractivity contribution in [2.24, 2.45) is 0 Å². The van der Waals surface area contributed by atoms with Gasteiger partial charge in [-0.05, 0) is 20.1 Å². The van der Waals surface area contributed by atoms with Crippen LogP contribution in [0.15, 0.2) is 9.72 Å². The predicted octanol–water partition coefficient (Wildman–Crippen LogP) is 2.13. The summed E-state index contributed by atoms with van der Waals surface area (Å²) in [5, 5.41) is 11.6. The van der Waals surface area contributed by atoms with Gasteiger partial charge in [-0.1, -0.05) is 11.8 Å². The number of hydrogen-bond donors (Lipinski definition) is 2. The van der Waals surface area contributed by atoms with Crippen molar-refractivity contribution in [1.82, 2.24) is 20.5 Å². The quantitative estimate of drug-likeness (QED) is 0.843. The number of nitrogens with one attached hydrogen (secondary N) is 2. The monoisotopic (exact) mass is 282 g/mol. The van der Waals surface area contributed by atoms with E-state index in [1.54, 1.807) is 17.1 Å². The highest BCUT2D eigenvalue weighted by Crippen LogP contribution is 2.19. The first-order valence-electron chi connectivity index (χ1n) is 5.40. The molecule has 0 saturated heterocycles. The lowest BCUT2D eigenvalue weighted by Gasteiger charge is -2.03. The fraction of sp³-hybridized carbons (Fsp3) is 0.364. The molecule has 0 aliphatic heterocycles. The molecule has 0 fully saturated rings. The summed E-state index contributed by atoms with van der Waals surface area (Å²) < 4.78 is 0.899. The number of carbonyl (C=O) groups is 1. The number of aromatic nitrogens is 3. The Kier molecular flexibility index (Phi) is 4.03. The summed E-state index contributed by atoms with van der Waals surface area (Å²) in [6.45, 7) is 4.33. The van der Waals surface area contributed by atoms with Crippen molar-refractivity contribution in [3.05, 3.63) is 28.0 Å². The standard InChI is InChI=1S/C11H14N4OS2/c1-6-8(7(2)15-14-6)4-12-10(16)9-5-18-11(13-9)17-3/h5H,4H2,1-3H3,(H,12,16)(H,14,15). The molecule has 0 aliphatic rings. The van der Waals surface area contributed by atoms with Crippen LogP contribution in [0.2, 0.25) is 0 Å². The summed E-state index contributed by atoms with van der Waals surface area (Å²) in [6, 6.07) is 0. The van der Waals surface area contributed by atoms with E-state index in [4.69, 9.17) is 0 Å². The summed E-state index contributed by atoms with van der Waals surface area (Å²) in [5.41, 5.74) is 3.40. The lowest BCUT2D eigenvalue weighted by Crippen LogP contribution is -2.23. The lowest BCUT2D eigenvalue weighted by atomic mass is 10.2. The number of rotatable bonds is 4. The highest BCUT2D eigenvalue weighted by atomic mass is 32.2. The third-order valence-electron chi connectivity index (χ3n) is 2.60. The molecule has 0 unspecified atom stereocenters. The zero-order valence-electron chi connectivity index (χ0n) is 10.4. The maximum atomic E-state index is 11.9. The van der Waals surface area contributed by atoms with Crippen molar-refractivity contribution in [2.75, 3.05) is 6.26 Å². The smallest absolute Gasteiger partial charge is 0.271 e. The van der Waals surface area contributed by atoms with Gasteiger partial charge < -0.3 is 5.32 Å². The molecule has 0 saturated carbocycles. The summed E-state index contributed by atoms with van der Waals surface area (Å²) in [6.07, 6.45) is 1.94. The van der Waals surface area contributed by atoms with Crippen LogP contribution in [0.4, 0.5) is 0 Å². The minimum Gasteiger partial charge on any atom is -0.346 e. The van der Waals surface area contributed by atoms with Gasteiger partial charge in [0.05, 0.1) is 5.69 Å². The molecular formula is C11H14N4OS2. The van der Waals surface area contributed by atoms with Gasteiger partial charge in [0, 0.05) is 23.2 Å². The Labute approximate surface area is 113 Å². The number of thioether (sulfide) groups is 1. The number of nitrogens with zero attached hydrogens (tertiary/aromatic N) is 2. The van der Waals surface area contributed by atoms with E-state index in [1.807, 2.05) is 20.1 Å². The van der Waals surface area contributed by atoms with Crippen LogP contribution in [0, 0.1) is 13.8 Å². The second-order valence-electron chi connectivity index (χ2n) is 3.80. The third-order valence-corrected chi connectivity index (χ3v) is 4.46. The average Bonchev–Trinajstić information content (AvgIpc) is 2.95. The molecular weight excluding hydrogens is 268 g/mol. The van der Waals surface area contributed by atoms with E-state index in [1.165, 1.54) is 11.3 Å². The number of H-pyrrole nitrogens is 1. The molecule has 18 heavy (non-hydrogen) atoms. The lowest BCUT2D eigenvalue weighted by molar-refractivity contribution is 0.0946. The summed E-state index contributed by atoms with van der Waals surface area (Å²) in [4.78, 5) is 16.1. The Morgan fingerprint density at radius 3 is 2.89 bits per heavy atom. The fourth-order valence-corrected chi connectivity index (χ4v) is 2.79. The molecule has 96 valence electrons. The Balaban J connectivity index is 2.00. The van der Waals surface area contributed by atoms with Gasteiger partial charge in [-0.3, -0.25) is 9.89 Å². The molecule has 0 spiro atoms. The van der Waals surface area contributed by atoms with Crippen molar-refractivity contribution in [3.8, 4) is 0 Å². The maximum Gasteiger partial charge on any atom is 0.271 e. The van der Waals surface area contributed by atoms with E-state index in [0.717, 1.165) is 21.3 Å². The molecule has 0 radical (unpaired) electrons. The van der Waals surface area contributed by atoms with E-state index in [2.05, 4.69) is 20.5 Å². The van der Waals surface area contributed by atoms with Crippen LogP contribution in [0.25, 0.3) is 0 Å².